The second kappa shape index (κ2) is 13.0. The molecule has 226 valence electrons. The number of aromatic nitrogens is 2. The molecule has 9 nitrogen and oxygen atoms in total. The summed E-state index contributed by atoms with van der Waals surface area (Å²) in [4.78, 5) is 27.0. The van der Waals surface area contributed by atoms with E-state index in [-0.39, 0.29) is 59.2 Å². The van der Waals surface area contributed by atoms with Gasteiger partial charge in [0.05, 0.1) is 18.3 Å². The van der Waals surface area contributed by atoms with Gasteiger partial charge in [0.2, 0.25) is 0 Å². The standard InChI is InChI=1S/C34H33FN4O5/c1-34(2,15-17-40)19-28-25(20-41)32(24-14-13-23(18-26(24)35)44-21-22-8-4-3-5-9-22)39(33(43)27-10-7-16-36-38-27)29-11-6-12-30(42)31(29)37-28/h3-14,16-18,32,37,41-42H,15,19-21H2,1-2H3. The average molecular weight is 597 g/mol. The lowest BCUT2D eigenvalue weighted by Crippen LogP contribution is -2.37. The summed E-state index contributed by atoms with van der Waals surface area (Å²) in [6.07, 6.45) is 2.70. The number of halogens is 1. The van der Waals surface area contributed by atoms with Crippen LogP contribution in [0, 0.1) is 11.2 Å². The first-order valence-corrected chi connectivity index (χ1v) is 14.2. The van der Waals surface area contributed by atoms with Crippen molar-refractivity contribution >= 4 is 23.6 Å². The summed E-state index contributed by atoms with van der Waals surface area (Å²) in [5.74, 6) is -1.17. The second-order valence-corrected chi connectivity index (χ2v) is 11.3. The summed E-state index contributed by atoms with van der Waals surface area (Å²) >= 11 is 0. The molecular weight excluding hydrogens is 563 g/mol. The molecule has 0 aliphatic carbocycles. The monoisotopic (exact) mass is 596 g/mol. The number of para-hydroxylation sites is 1. The van der Waals surface area contributed by atoms with Crippen molar-refractivity contribution in [1.29, 1.82) is 0 Å². The Morgan fingerprint density at radius 1 is 1.09 bits per heavy atom. The van der Waals surface area contributed by atoms with Crippen LogP contribution in [-0.2, 0) is 11.4 Å². The Balaban J connectivity index is 1.69. The van der Waals surface area contributed by atoms with Gasteiger partial charge in [-0.3, -0.25) is 9.69 Å². The number of fused-ring (bicyclic) bond motifs is 1. The van der Waals surface area contributed by atoms with Crippen LogP contribution in [-0.4, -0.2) is 39.2 Å². The molecule has 10 heteroatoms. The third-order valence-corrected chi connectivity index (χ3v) is 7.52. The zero-order valence-corrected chi connectivity index (χ0v) is 24.4. The van der Waals surface area contributed by atoms with Crippen molar-refractivity contribution in [2.24, 2.45) is 5.41 Å². The van der Waals surface area contributed by atoms with Crippen LogP contribution in [0.5, 0.6) is 11.5 Å². The predicted octanol–water partition coefficient (Wildman–Crippen LogP) is 5.97. The molecule has 3 aromatic carbocycles. The minimum Gasteiger partial charge on any atom is -0.506 e. The number of aliphatic hydroxyl groups is 1. The molecule has 0 spiro atoms. The first-order valence-electron chi connectivity index (χ1n) is 14.2. The molecule has 0 fully saturated rings. The van der Waals surface area contributed by atoms with Gasteiger partial charge in [-0.15, -0.1) is 5.10 Å². The summed E-state index contributed by atoms with van der Waals surface area (Å²) in [6.45, 7) is 3.45. The molecular formula is C34H33FN4O5. The van der Waals surface area contributed by atoms with E-state index in [1.54, 1.807) is 24.3 Å². The van der Waals surface area contributed by atoms with Gasteiger partial charge >= 0.3 is 0 Å². The third kappa shape index (κ3) is 6.45. The zero-order chi connectivity index (χ0) is 31.3. The maximum Gasteiger partial charge on any atom is 0.279 e. The number of hydrogen-bond acceptors (Lipinski definition) is 8. The Kier molecular flexibility index (Phi) is 9.01. The van der Waals surface area contributed by atoms with Crippen LogP contribution in [0.1, 0.15) is 54.3 Å². The van der Waals surface area contributed by atoms with Crippen LogP contribution >= 0.6 is 0 Å². The van der Waals surface area contributed by atoms with Crippen molar-refractivity contribution in [2.45, 2.75) is 39.3 Å². The fourth-order valence-corrected chi connectivity index (χ4v) is 5.32. The first-order chi connectivity index (χ1) is 21.2. The number of aliphatic hydroxyl groups excluding tert-OH is 1. The predicted molar refractivity (Wildman–Crippen MR) is 164 cm³/mol. The smallest absolute Gasteiger partial charge is 0.279 e. The molecule has 5 rings (SSSR count). The fourth-order valence-electron chi connectivity index (χ4n) is 5.32. The molecule has 4 aromatic rings. The Morgan fingerprint density at radius 2 is 1.89 bits per heavy atom. The van der Waals surface area contributed by atoms with Crippen molar-refractivity contribution in [2.75, 3.05) is 16.8 Å². The van der Waals surface area contributed by atoms with Crippen LogP contribution in [0.3, 0.4) is 0 Å². The molecule has 1 aliphatic heterocycles. The number of amides is 1. The number of nitrogens with zero attached hydrogens (tertiary/aromatic N) is 3. The number of hydrogen-bond donors (Lipinski definition) is 3. The Labute approximate surface area is 254 Å². The van der Waals surface area contributed by atoms with E-state index >= 15 is 4.39 Å². The van der Waals surface area contributed by atoms with E-state index in [2.05, 4.69) is 15.5 Å². The molecule has 1 aromatic heterocycles. The fraction of sp³-hybridized carbons (Fsp3) is 0.235. The number of ether oxygens (including phenoxy) is 1. The molecule has 1 atom stereocenters. The van der Waals surface area contributed by atoms with Gasteiger partial charge in [0.25, 0.3) is 5.91 Å². The highest BCUT2D eigenvalue weighted by Crippen LogP contribution is 2.48. The van der Waals surface area contributed by atoms with Crippen LogP contribution < -0.4 is 15.0 Å². The number of aromatic hydroxyl groups is 1. The summed E-state index contributed by atoms with van der Waals surface area (Å²) in [5, 5.41) is 32.9. The van der Waals surface area contributed by atoms with Crippen LogP contribution in [0.25, 0.3) is 0 Å². The molecule has 0 saturated carbocycles. The number of nitrogens with one attached hydrogen (secondary N) is 1. The van der Waals surface area contributed by atoms with Crippen molar-refractivity contribution in [1.82, 2.24) is 10.2 Å². The van der Waals surface area contributed by atoms with Gasteiger partial charge in [0.15, 0.2) is 5.69 Å². The lowest BCUT2D eigenvalue weighted by molar-refractivity contribution is -0.109. The van der Waals surface area contributed by atoms with Gasteiger partial charge < -0.3 is 25.1 Å². The van der Waals surface area contributed by atoms with Gasteiger partial charge in [-0.25, -0.2) is 4.39 Å². The van der Waals surface area contributed by atoms with E-state index in [0.29, 0.717) is 5.70 Å². The van der Waals surface area contributed by atoms with E-state index in [1.807, 2.05) is 44.2 Å². The topological polar surface area (TPSA) is 125 Å². The normalized spacial score (nSPS) is 14.8. The lowest BCUT2D eigenvalue weighted by atomic mass is 9.82. The first kappa shape index (κ1) is 30.4. The number of anilines is 2. The quantitative estimate of drug-likeness (QED) is 0.151. The highest BCUT2D eigenvalue weighted by atomic mass is 19.1. The molecule has 44 heavy (non-hydrogen) atoms. The van der Waals surface area contributed by atoms with Crippen molar-refractivity contribution in [3.63, 3.8) is 0 Å². The SMILES string of the molecule is CC(C)(CC=O)CC1=C(CO)C(c2ccc(OCc3ccccc3)cc2F)N(C(=O)c2cccnn2)c2cccc(O)c2N1. The lowest BCUT2D eigenvalue weighted by Gasteiger charge is -2.33. The molecule has 0 saturated heterocycles. The van der Waals surface area contributed by atoms with E-state index in [4.69, 9.17) is 4.74 Å². The van der Waals surface area contributed by atoms with Gasteiger partial charge in [0.1, 0.15) is 35.9 Å². The number of carbonyl (C=O) groups excluding carboxylic acids is 2. The second-order valence-electron chi connectivity index (χ2n) is 11.3. The number of phenols is 1. The highest BCUT2D eigenvalue weighted by molar-refractivity contribution is 6.08. The number of rotatable bonds is 10. The summed E-state index contributed by atoms with van der Waals surface area (Å²) < 4.78 is 22.1. The Hall–Kier alpha value is -5.09. The maximum absolute atomic E-state index is 16.2. The van der Waals surface area contributed by atoms with E-state index in [1.165, 1.54) is 35.4 Å². The van der Waals surface area contributed by atoms with Gasteiger partial charge in [0, 0.05) is 35.5 Å². The summed E-state index contributed by atoms with van der Waals surface area (Å²) in [6, 6.07) is 20.4. The largest absolute Gasteiger partial charge is 0.506 e. The van der Waals surface area contributed by atoms with E-state index in [9.17, 15) is 19.8 Å². The minimum absolute atomic E-state index is 0.0166. The maximum atomic E-state index is 16.2. The Morgan fingerprint density at radius 3 is 2.57 bits per heavy atom. The summed E-state index contributed by atoms with van der Waals surface area (Å²) in [7, 11) is 0. The van der Waals surface area contributed by atoms with Crippen molar-refractivity contribution in [3.05, 3.63) is 119 Å². The van der Waals surface area contributed by atoms with E-state index in [0.717, 1.165) is 11.8 Å². The van der Waals surface area contributed by atoms with Crippen molar-refractivity contribution < 1.29 is 28.9 Å². The molecule has 3 N–H and O–H groups in total. The number of aldehydes is 1. The van der Waals surface area contributed by atoms with Gasteiger partial charge in [-0.05, 0) is 53.8 Å². The molecule has 1 aliphatic rings. The number of phenolic OH excluding ortho intramolecular Hbond substituents is 1. The third-order valence-electron chi connectivity index (χ3n) is 7.52. The number of benzene rings is 3. The minimum atomic E-state index is -1.17. The van der Waals surface area contributed by atoms with Crippen LogP contribution in [0.4, 0.5) is 15.8 Å². The zero-order valence-electron chi connectivity index (χ0n) is 24.4. The number of carbonyl (C=O) groups is 2. The Bertz CT molecular complexity index is 1680. The molecule has 0 bridgehead atoms. The average Bonchev–Trinajstić information content (AvgIpc) is 3.15. The highest BCUT2D eigenvalue weighted by Gasteiger charge is 2.39. The van der Waals surface area contributed by atoms with Gasteiger partial charge in [-0.2, -0.15) is 5.10 Å². The van der Waals surface area contributed by atoms with E-state index < -0.39 is 29.8 Å². The molecule has 1 amide bonds. The van der Waals surface area contributed by atoms with Gasteiger partial charge in [-0.1, -0.05) is 50.2 Å². The summed E-state index contributed by atoms with van der Waals surface area (Å²) in [5.41, 5.74) is 1.58. The van der Waals surface area contributed by atoms with Crippen LogP contribution in [0.15, 0.2) is 96.3 Å². The van der Waals surface area contributed by atoms with Crippen LogP contribution in [0.2, 0.25) is 0 Å². The molecule has 2 heterocycles. The number of allylic oxidation sites excluding steroid dienone is 1. The van der Waals surface area contributed by atoms with Crippen molar-refractivity contribution in [3.8, 4) is 11.5 Å². The molecule has 0 radical (unpaired) electrons. The molecule has 1 unspecified atom stereocenters.